The Morgan fingerprint density at radius 1 is 1.14 bits per heavy atom. The van der Waals surface area contributed by atoms with Crippen LogP contribution in [0.25, 0.3) is 11.3 Å². The van der Waals surface area contributed by atoms with Crippen LogP contribution in [-0.2, 0) is 13.5 Å². The third kappa shape index (κ3) is 5.77. The quantitative estimate of drug-likeness (QED) is 0.632. The standard InChI is InChI=1S/C21H20N4O2.C2H6/c1-25-14-17(20(24-25)16-10-6-3-7-11-16)21(27)23-18(19(26)13-22)12-15-8-4-2-5-9-15;1-2/h2-11,14,18-19,26H,12H2,1H3,(H,23,27);1-2H3/t18-,19?;/m0./s1. The summed E-state index contributed by atoms with van der Waals surface area (Å²) in [6.45, 7) is 4.00. The number of nitriles is 1. The molecule has 0 saturated carbocycles. The van der Waals surface area contributed by atoms with E-state index >= 15 is 0 Å². The van der Waals surface area contributed by atoms with Gasteiger partial charge in [0.15, 0.2) is 6.10 Å². The lowest BCUT2D eigenvalue weighted by molar-refractivity contribution is 0.0889. The molecule has 0 aliphatic heterocycles. The van der Waals surface area contributed by atoms with Gasteiger partial charge >= 0.3 is 0 Å². The van der Waals surface area contributed by atoms with Crippen LogP contribution in [-0.4, -0.2) is 32.9 Å². The summed E-state index contributed by atoms with van der Waals surface area (Å²) in [7, 11) is 1.74. The fourth-order valence-corrected chi connectivity index (χ4v) is 2.91. The third-order valence-corrected chi connectivity index (χ3v) is 4.25. The van der Waals surface area contributed by atoms with Gasteiger partial charge in [0.1, 0.15) is 5.69 Å². The summed E-state index contributed by atoms with van der Waals surface area (Å²) in [6.07, 6.45) is 0.670. The number of hydrogen-bond acceptors (Lipinski definition) is 4. The highest BCUT2D eigenvalue weighted by Crippen LogP contribution is 2.22. The number of aromatic nitrogens is 2. The van der Waals surface area contributed by atoms with Crippen LogP contribution >= 0.6 is 0 Å². The van der Waals surface area contributed by atoms with Gasteiger partial charge < -0.3 is 10.4 Å². The van der Waals surface area contributed by atoms with Gasteiger partial charge in [-0.1, -0.05) is 74.5 Å². The number of amides is 1. The summed E-state index contributed by atoms with van der Waals surface area (Å²) in [6, 6.07) is 19.9. The maximum atomic E-state index is 12.9. The highest BCUT2D eigenvalue weighted by atomic mass is 16.3. The first-order chi connectivity index (χ1) is 14.1. The van der Waals surface area contributed by atoms with Crippen molar-refractivity contribution in [2.24, 2.45) is 7.05 Å². The van der Waals surface area contributed by atoms with E-state index in [-0.39, 0.29) is 5.91 Å². The topological polar surface area (TPSA) is 90.9 Å². The molecule has 6 heteroatoms. The zero-order chi connectivity index (χ0) is 21.2. The van der Waals surface area contributed by atoms with Gasteiger partial charge in [0, 0.05) is 18.8 Å². The molecule has 0 spiro atoms. The number of hydrogen-bond donors (Lipinski definition) is 2. The molecule has 1 heterocycles. The normalized spacial score (nSPS) is 12.1. The van der Waals surface area contributed by atoms with Gasteiger partial charge in [-0.15, -0.1) is 0 Å². The van der Waals surface area contributed by atoms with Crippen LogP contribution in [0.5, 0.6) is 0 Å². The number of carbonyl (C=O) groups excluding carboxylic acids is 1. The second kappa shape index (κ2) is 10.8. The van der Waals surface area contributed by atoms with Crippen molar-refractivity contribution in [2.75, 3.05) is 0 Å². The number of aryl methyl sites for hydroxylation is 1. The average molecular weight is 390 g/mol. The number of aliphatic hydroxyl groups is 1. The smallest absolute Gasteiger partial charge is 0.255 e. The second-order valence-electron chi connectivity index (χ2n) is 6.27. The van der Waals surface area contributed by atoms with Gasteiger partial charge in [0.05, 0.1) is 17.7 Å². The molecule has 2 atom stereocenters. The molecule has 1 unspecified atom stereocenters. The summed E-state index contributed by atoms with van der Waals surface area (Å²) in [4.78, 5) is 12.9. The molecule has 1 amide bonds. The summed E-state index contributed by atoms with van der Waals surface area (Å²) in [5.74, 6) is -0.378. The third-order valence-electron chi connectivity index (χ3n) is 4.25. The zero-order valence-corrected chi connectivity index (χ0v) is 16.9. The molecule has 0 fully saturated rings. The van der Waals surface area contributed by atoms with Crippen molar-refractivity contribution in [1.82, 2.24) is 15.1 Å². The van der Waals surface area contributed by atoms with Gasteiger partial charge in [-0.2, -0.15) is 10.4 Å². The van der Waals surface area contributed by atoms with Crippen LogP contribution in [0.3, 0.4) is 0 Å². The predicted octanol–water partition coefficient (Wildman–Crippen LogP) is 3.34. The molecule has 1 aromatic heterocycles. The first-order valence-electron chi connectivity index (χ1n) is 9.60. The number of carbonyl (C=O) groups is 1. The van der Waals surface area contributed by atoms with Crippen molar-refractivity contribution in [3.8, 4) is 17.3 Å². The summed E-state index contributed by atoms with van der Waals surface area (Å²) >= 11 is 0. The molecule has 0 bridgehead atoms. The molecule has 2 N–H and O–H groups in total. The van der Waals surface area contributed by atoms with Crippen LogP contribution in [0.2, 0.25) is 0 Å². The molecule has 3 aromatic rings. The largest absolute Gasteiger partial charge is 0.376 e. The van der Waals surface area contributed by atoms with E-state index in [1.54, 1.807) is 17.9 Å². The molecule has 29 heavy (non-hydrogen) atoms. The molecule has 0 aliphatic carbocycles. The van der Waals surface area contributed by atoms with Gasteiger partial charge in [-0.05, 0) is 12.0 Å². The van der Waals surface area contributed by atoms with E-state index in [1.165, 1.54) is 0 Å². The summed E-state index contributed by atoms with van der Waals surface area (Å²) in [5, 5.41) is 26.4. The lowest BCUT2D eigenvalue weighted by Crippen LogP contribution is -2.44. The number of nitrogens with one attached hydrogen (secondary N) is 1. The fraction of sp³-hybridized carbons (Fsp3) is 0.261. The lowest BCUT2D eigenvalue weighted by atomic mass is 10.0. The Morgan fingerprint density at radius 2 is 1.72 bits per heavy atom. The molecule has 3 rings (SSSR count). The highest BCUT2D eigenvalue weighted by molar-refractivity contribution is 6.00. The van der Waals surface area contributed by atoms with Crippen molar-refractivity contribution in [3.63, 3.8) is 0 Å². The van der Waals surface area contributed by atoms with E-state index in [0.717, 1.165) is 11.1 Å². The Kier molecular flexibility index (Phi) is 8.13. The van der Waals surface area contributed by atoms with E-state index < -0.39 is 12.1 Å². The number of aliphatic hydroxyl groups excluding tert-OH is 1. The first-order valence-corrected chi connectivity index (χ1v) is 9.60. The van der Waals surface area contributed by atoms with Crippen molar-refractivity contribution in [1.29, 1.82) is 5.26 Å². The van der Waals surface area contributed by atoms with E-state index in [1.807, 2.05) is 80.6 Å². The Labute approximate surface area is 171 Å². The number of nitrogens with zero attached hydrogens (tertiary/aromatic N) is 3. The molecule has 0 radical (unpaired) electrons. The van der Waals surface area contributed by atoms with E-state index in [4.69, 9.17) is 5.26 Å². The minimum absolute atomic E-state index is 0.349. The second-order valence-corrected chi connectivity index (χ2v) is 6.27. The Balaban J connectivity index is 0.00000145. The van der Waals surface area contributed by atoms with Crippen molar-refractivity contribution < 1.29 is 9.90 Å². The molecule has 2 aromatic carbocycles. The summed E-state index contributed by atoms with van der Waals surface area (Å²) < 4.78 is 1.57. The molecule has 0 saturated heterocycles. The Hall–Kier alpha value is -3.43. The number of benzene rings is 2. The maximum absolute atomic E-state index is 12.9. The zero-order valence-electron chi connectivity index (χ0n) is 16.9. The predicted molar refractivity (Wildman–Crippen MR) is 113 cm³/mol. The monoisotopic (exact) mass is 390 g/mol. The SMILES string of the molecule is CC.Cn1cc(C(=O)N[C@@H](Cc2ccccc2)C(O)C#N)c(-c2ccccc2)n1. The highest BCUT2D eigenvalue weighted by Gasteiger charge is 2.25. The minimum Gasteiger partial charge on any atom is -0.376 e. The molecule has 6 nitrogen and oxygen atoms in total. The van der Waals surface area contributed by atoms with Crippen LogP contribution in [0.15, 0.2) is 66.9 Å². The van der Waals surface area contributed by atoms with E-state index in [0.29, 0.717) is 17.7 Å². The van der Waals surface area contributed by atoms with Crippen molar-refractivity contribution in [3.05, 3.63) is 78.0 Å². The average Bonchev–Trinajstić information content (AvgIpc) is 3.17. The minimum atomic E-state index is -1.31. The van der Waals surface area contributed by atoms with Gasteiger partial charge in [0.2, 0.25) is 0 Å². The van der Waals surface area contributed by atoms with Crippen molar-refractivity contribution in [2.45, 2.75) is 32.4 Å². The Morgan fingerprint density at radius 3 is 2.31 bits per heavy atom. The first kappa shape index (κ1) is 21.9. The maximum Gasteiger partial charge on any atom is 0.255 e. The van der Waals surface area contributed by atoms with Gasteiger partial charge in [0.25, 0.3) is 5.91 Å². The number of rotatable bonds is 6. The molecular formula is C23H26N4O2. The van der Waals surface area contributed by atoms with Crippen molar-refractivity contribution >= 4 is 5.91 Å². The van der Waals surface area contributed by atoms with Crippen LogP contribution in [0.1, 0.15) is 29.8 Å². The molecule has 150 valence electrons. The van der Waals surface area contributed by atoms with Crippen LogP contribution in [0.4, 0.5) is 0 Å². The van der Waals surface area contributed by atoms with Crippen LogP contribution < -0.4 is 5.32 Å². The van der Waals surface area contributed by atoms with Gasteiger partial charge in [-0.25, -0.2) is 0 Å². The lowest BCUT2D eigenvalue weighted by Gasteiger charge is -2.20. The van der Waals surface area contributed by atoms with Crippen LogP contribution in [0, 0.1) is 11.3 Å². The molecule has 0 aliphatic rings. The summed E-state index contributed by atoms with van der Waals surface area (Å²) in [5.41, 5.74) is 2.70. The molecular weight excluding hydrogens is 364 g/mol. The Bertz CT molecular complexity index is 946. The fourth-order valence-electron chi connectivity index (χ4n) is 2.91. The van der Waals surface area contributed by atoms with E-state index in [2.05, 4.69) is 10.4 Å². The van der Waals surface area contributed by atoms with E-state index in [9.17, 15) is 9.90 Å². The van der Waals surface area contributed by atoms with Gasteiger partial charge in [-0.3, -0.25) is 9.48 Å².